The second kappa shape index (κ2) is 7.26. The van der Waals surface area contributed by atoms with E-state index in [2.05, 4.69) is 35.3 Å². The number of anilines is 2. The summed E-state index contributed by atoms with van der Waals surface area (Å²) in [4.78, 5) is 31.2. The number of carbonyl (C=O) groups excluding carboxylic acids is 1. The van der Waals surface area contributed by atoms with E-state index < -0.39 is 0 Å². The molecule has 1 fully saturated rings. The van der Waals surface area contributed by atoms with Gasteiger partial charge in [-0.15, -0.1) is 0 Å². The highest BCUT2D eigenvalue weighted by Gasteiger charge is 2.27. The average molecular weight is 350 g/mol. The molecule has 3 aromatic rings. The van der Waals surface area contributed by atoms with Gasteiger partial charge in [0, 0.05) is 37.2 Å². The van der Waals surface area contributed by atoms with Crippen LogP contribution in [0.3, 0.4) is 0 Å². The standard InChI is InChI=1S/C17H18N8O/c26-17(23-14-3-5-18-6-4-14)13-2-1-7-24(9-13)15-8-16(21-11-20-15)25-12-19-10-22-25/h3-6,8,10-13H,1-2,7,9H2,(H,18,23,26). The van der Waals surface area contributed by atoms with Crippen molar-refractivity contribution in [1.82, 2.24) is 29.7 Å². The molecular weight excluding hydrogens is 332 g/mol. The van der Waals surface area contributed by atoms with Crippen molar-refractivity contribution in [2.45, 2.75) is 12.8 Å². The highest BCUT2D eigenvalue weighted by molar-refractivity contribution is 5.92. The van der Waals surface area contributed by atoms with Crippen LogP contribution in [0.5, 0.6) is 0 Å². The molecule has 1 amide bonds. The van der Waals surface area contributed by atoms with Gasteiger partial charge in [0.25, 0.3) is 0 Å². The Morgan fingerprint density at radius 1 is 1.12 bits per heavy atom. The minimum atomic E-state index is -0.0956. The average Bonchev–Trinajstić information content (AvgIpc) is 3.24. The van der Waals surface area contributed by atoms with E-state index in [9.17, 15) is 4.79 Å². The largest absolute Gasteiger partial charge is 0.356 e. The third-order valence-corrected chi connectivity index (χ3v) is 4.36. The van der Waals surface area contributed by atoms with Crippen LogP contribution in [0.2, 0.25) is 0 Å². The van der Waals surface area contributed by atoms with Crippen LogP contribution in [0.25, 0.3) is 5.82 Å². The van der Waals surface area contributed by atoms with Crippen LogP contribution in [0.15, 0.2) is 49.6 Å². The van der Waals surface area contributed by atoms with E-state index >= 15 is 0 Å². The van der Waals surface area contributed by atoms with Crippen LogP contribution in [-0.4, -0.2) is 48.7 Å². The van der Waals surface area contributed by atoms with E-state index in [0.717, 1.165) is 30.9 Å². The molecule has 4 heterocycles. The Bertz CT molecular complexity index is 867. The third kappa shape index (κ3) is 3.51. The summed E-state index contributed by atoms with van der Waals surface area (Å²) in [6.07, 6.45) is 9.67. The molecule has 1 N–H and O–H groups in total. The van der Waals surface area contributed by atoms with Gasteiger partial charge in [-0.05, 0) is 25.0 Å². The molecule has 1 aliphatic rings. The van der Waals surface area contributed by atoms with Crippen LogP contribution >= 0.6 is 0 Å². The molecular formula is C17H18N8O. The van der Waals surface area contributed by atoms with E-state index in [1.54, 1.807) is 35.5 Å². The number of rotatable bonds is 4. The second-order valence-electron chi connectivity index (χ2n) is 6.08. The number of amides is 1. The highest BCUT2D eigenvalue weighted by atomic mass is 16.1. The van der Waals surface area contributed by atoms with Crippen LogP contribution < -0.4 is 10.2 Å². The van der Waals surface area contributed by atoms with Crippen molar-refractivity contribution in [2.75, 3.05) is 23.3 Å². The molecule has 0 bridgehead atoms. The molecule has 1 saturated heterocycles. The summed E-state index contributed by atoms with van der Waals surface area (Å²) in [7, 11) is 0. The Labute approximate surface area is 150 Å². The van der Waals surface area contributed by atoms with E-state index in [0.29, 0.717) is 12.4 Å². The van der Waals surface area contributed by atoms with Crippen LogP contribution in [0, 0.1) is 5.92 Å². The molecule has 4 rings (SSSR count). The molecule has 0 spiro atoms. The zero-order valence-corrected chi connectivity index (χ0v) is 14.1. The van der Waals surface area contributed by atoms with Gasteiger partial charge in [0.2, 0.25) is 5.91 Å². The second-order valence-corrected chi connectivity index (χ2v) is 6.08. The van der Waals surface area contributed by atoms with Crippen molar-refractivity contribution in [2.24, 2.45) is 5.92 Å². The van der Waals surface area contributed by atoms with Crippen LogP contribution in [0.4, 0.5) is 11.5 Å². The van der Waals surface area contributed by atoms with Crippen molar-refractivity contribution >= 4 is 17.4 Å². The molecule has 0 saturated carbocycles. The minimum absolute atomic E-state index is 0.0199. The van der Waals surface area contributed by atoms with E-state index in [-0.39, 0.29) is 11.8 Å². The number of pyridine rings is 1. The predicted molar refractivity (Wildman–Crippen MR) is 94.8 cm³/mol. The first-order valence-electron chi connectivity index (χ1n) is 8.42. The molecule has 0 aromatic carbocycles. The van der Waals surface area contributed by atoms with Gasteiger partial charge in [-0.1, -0.05) is 0 Å². The quantitative estimate of drug-likeness (QED) is 0.757. The fraction of sp³-hybridized carbons (Fsp3) is 0.294. The normalized spacial score (nSPS) is 17.1. The number of carbonyl (C=O) groups is 1. The Kier molecular flexibility index (Phi) is 4.50. The van der Waals surface area contributed by atoms with Crippen LogP contribution in [-0.2, 0) is 4.79 Å². The lowest BCUT2D eigenvalue weighted by Gasteiger charge is -2.32. The minimum Gasteiger partial charge on any atom is -0.356 e. The van der Waals surface area contributed by atoms with Crippen molar-refractivity contribution in [3.8, 4) is 5.82 Å². The SMILES string of the molecule is O=C(Nc1ccncc1)C1CCCN(c2cc(-n3cncn3)ncn2)C1. The first kappa shape index (κ1) is 16.1. The van der Waals surface area contributed by atoms with Gasteiger partial charge in [0.1, 0.15) is 24.8 Å². The third-order valence-electron chi connectivity index (χ3n) is 4.36. The molecule has 1 atom stereocenters. The molecule has 9 nitrogen and oxygen atoms in total. The monoisotopic (exact) mass is 350 g/mol. The van der Waals surface area contributed by atoms with E-state index in [4.69, 9.17) is 0 Å². The molecule has 26 heavy (non-hydrogen) atoms. The molecule has 0 aliphatic carbocycles. The van der Waals surface area contributed by atoms with Crippen molar-refractivity contribution < 1.29 is 4.79 Å². The maximum atomic E-state index is 12.6. The summed E-state index contributed by atoms with van der Waals surface area (Å²) in [6.45, 7) is 1.47. The first-order chi connectivity index (χ1) is 12.8. The Balaban J connectivity index is 1.47. The van der Waals surface area contributed by atoms with Gasteiger partial charge in [-0.25, -0.2) is 19.6 Å². The van der Waals surface area contributed by atoms with Gasteiger partial charge in [-0.3, -0.25) is 9.78 Å². The molecule has 9 heteroatoms. The number of hydrogen-bond acceptors (Lipinski definition) is 7. The summed E-state index contributed by atoms with van der Waals surface area (Å²) in [5.41, 5.74) is 0.762. The van der Waals surface area contributed by atoms with Crippen molar-refractivity contribution in [1.29, 1.82) is 0 Å². The fourth-order valence-corrected chi connectivity index (χ4v) is 3.04. The number of nitrogens with zero attached hydrogens (tertiary/aromatic N) is 7. The van der Waals surface area contributed by atoms with Gasteiger partial charge in [0.05, 0.1) is 5.92 Å². The lowest BCUT2D eigenvalue weighted by molar-refractivity contribution is -0.120. The van der Waals surface area contributed by atoms with Gasteiger partial charge in [-0.2, -0.15) is 5.10 Å². The Morgan fingerprint density at radius 2 is 1.96 bits per heavy atom. The van der Waals surface area contributed by atoms with E-state index in [1.165, 1.54) is 12.7 Å². The topological polar surface area (TPSA) is 102 Å². The molecule has 3 aromatic heterocycles. The molecule has 132 valence electrons. The first-order valence-corrected chi connectivity index (χ1v) is 8.42. The van der Waals surface area contributed by atoms with Crippen molar-refractivity contribution in [3.05, 3.63) is 49.6 Å². The van der Waals surface area contributed by atoms with Gasteiger partial charge >= 0.3 is 0 Å². The predicted octanol–water partition coefficient (Wildman–Crippen LogP) is 1.31. The lowest BCUT2D eigenvalue weighted by Crippen LogP contribution is -2.41. The fourth-order valence-electron chi connectivity index (χ4n) is 3.04. The summed E-state index contributed by atoms with van der Waals surface area (Å²) in [5.74, 6) is 1.36. The van der Waals surface area contributed by atoms with E-state index in [1.807, 2.05) is 6.07 Å². The Morgan fingerprint density at radius 3 is 2.77 bits per heavy atom. The zero-order valence-electron chi connectivity index (χ0n) is 14.1. The summed E-state index contributed by atoms with van der Waals surface area (Å²) in [5, 5.41) is 7.05. The zero-order chi connectivity index (χ0) is 17.8. The lowest BCUT2D eigenvalue weighted by atomic mass is 9.97. The smallest absolute Gasteiger partial charge is 0.229 e. The number of aromatic nitrogens is 6. The maximum Gasteiger partial charge on any atom is 0.229 e. The van der Waals surface area contributed by atoms with Gasteiger partial charge in [0.15, 0.2) is 5.82 Å². The summed E-state index contributed by atoms with van der Waals surface area (Å²) < 4.78 is 1.59. The summed E-state index contributed by atoms with van der Waals surface area (Å²) >= 11 is 0. The molecule has 0 radical (unpaired) electrons. The highest BCUT2D eigenvalue weighted by Crippen LogP contribution is 2.23. The summed E-state index contributed by atoms with van der Waals surface area (Å²) in [6, 6.07) is 5.43. The van der Waals surface area contributed by atoms with Gasteiger partial charge < -0.3 is 10.2 Å². The number of hydrogen-bond donors (Lipinski definition) is 1. The molecule has 1 unspecified atom stereocenters. The van der Waals surface area contributed by atoms with Crippen LogP contribution in [0.1, 0.15) is 12.8 Å². The molecule has 1 aliphatic heterocycles. The van der Waals surface area contributed by atoms with Crippen molar-refractivity contribution in [3.63, 3.8) is 0 Å². The maximum absolute atomic E-state index is 12.6. The number of piperidine rings is 1. The number of nitrogens with one attached hydrogen (secondary N) is 1. The Hall–Kier alpha value is -3.36.